The van der Waals surface area contributed by atoms with Crippen molar-refractivity contribution in [1.29, 1.82) is 0 Å². The first-order valence-corrected chi connectivity index (χ1v) is 12.9. The van der Waals surface area contributed by atoms with E-state index in [0.717, 1.165) is 55.5 Å². The summed E-state index contributed by atoms with van der Waals surface area (Å²) >= 11 is 6.57. The van der Waals surface area contributed by atoms with Crippen LogP contribution < -0.4 is 10.6 Å². The van der Waals surface area contributed by atoms with E-state index in [1.165, 1.54) is 0 Å². The highest BCUT2D eigenvalue weighted by molar-refractivity contribution is 6.33. The van der Waals surface area contributed by atoms with Gasteiger partial charge < -0.3 is 15.2 Å². The second-order valence-electron chi connectivity index (χ2n) is 11.4. The Hall–Kier alpha value is -2.67. The molecule has 2 amide bonds. The lowest BCUT2D eigenvalue weighted by Gasteiger charge is -2.16. The van der Waals surface area contributed by atoms with E-state index in [1.807, 2.05) is 12.1 Å². The molecule has 2 aliphatic carbocycles. The molecule has 0 radical (unpaired) electrons. The molecule has 1 aliphatic heterocycles. The Labute approximate surface area is 211 Å². The summed E-state index contributed by atoms with van der Waals surface area (Å²) in [7, 11) is 1.68. The van der Waals surface area contributed by atoms with Gasteiger partial charge in [0.15, 0.2) is 5.78 Å². The summed E-state index contributed by atoms with van der Waals surface area (Å²) in [5.41, 5.74) is 3.55. The fourth-order valence-electron chi connectivity index (χ4n) is 6.61. The standard InChI is InChI=1S/C27H33ClN4O3/c1-14(33)22-9-20(23-11-27(2,3)13-32(22)23)19-10-24(30-12-21(19)28)31-26(35)18-7-15-5-17(25(34)29-4)6-16(15)8-18/h9-10,12,15-18H,5-8,11,13H2,1-4H3,(H,29,34)(H,30,31,35)/t15-,16+,17?,18?. The van der Waals surface area contributed by atoms with Crippen molar-refractivity contribution < 1.29 is 14.4 Å². The quantitative estimate of drug-likeness (QED) is 0.585. The summed E-state index contributed by atoms with van der Waals surface area (Å²) in [5, 5.41) is 6.26. The molecule has 2 saturated carbocycles. The summed E-state index contributed by atoms with van der Waals surface area (Å²) in [4.78, 5) is 41.8. The zero-order valence-corrected chi connectivity index (χ0v) is 21.5. The van der Waals surface area contributed by atoms with E-state index in [0.29, 0.717) is 28.4 Å². The number of nitrogens with one attached hydrogen (secondary N) is 2. The maximum atomic E-state index is 13.1. The Balaban J connectivity index is 1.34. The smallest absolute Gasteiger partial charge is 0.228 e. The van der Waals surface area contributed by atoms with E-state index >= 15 is 0 Å². The molecule has 3 heterocycles. The van der Waals surface area contributed by atoms with Gasteiger partial charge in [-0.2, -0.15) is 0 Å². The highest BCUT2D eigenvalue weighted by Gasteiger charge is 2.45. The van der Waals surface area contributed by atoms with Gasteiger partial charge in [-0.05, 0) is 61.5 Å². The van der Waals surface area contributed by atoms with Crippen molar-refractivity contribution in [2.75, 3.05) is 12.4 Å². The largest absolute Gasteiger partial charge is 0.359 e. The second kappa shape index (κ2) is 8.77. The van der Waals surface area contributed by atoms with Crippen molar-refractivity contribution in [3.8, 4) is 11.1 Å². The first kappa shape index (κ1) is 24.0. The summed E-state index contributed by atoms with van der Waals surface area (Å²) in [6.07, 6.45) is 5.78. The van der Waals surface area contributed by atoms with Crippen LogP contribution in [0.15, 0.2) is 18.3 Å². The van der Waals surface area contributed by atoms with Gasteiger partial charge in [0.05, 0.1) is 10.7 Å². The number of halogens is 1. The molecule has 7 nitrogen and oxygen atoms in total. The monoisotopic (exact) mass is 496 g/mol. The lowest BCUT2D eigenvalue weighted by atomic mass is 9.89. The van der Waals surface area contributed by atoms with Gasteiger partial charge in [0.2, 0.25) is 11.8 Å². The lowest BCUT2D eigenvalue weighted by molar-refractivity contribution is -0.124. The number of pyridine rings is 1. The maximum Gasteiger partial charge on any atom is 0.228 e. The van der Waals surface area contributed by atoms with Crippen molar-refractivity contribution in [2.24, 2.45) is 29.1 Å². The molecule has 3 aliphatic rings. The van der Waals surface area contributed by atoms with Crippen molar-refractivity contribution in [2.45, 2.75) is 59.4 Å². The predicted octanol–water partition coefficient (Wildman–Crippen LogP) is 4.73. The summed E-state index contributed by atoms with van der Waals surface area (Å²) in [6.45, 7) is 6.77. The zero-order valence-electron chi connectivity index (χ0n) is 20.8. The summed E-state index contributed by atoms with van der Waals surface area (Å²) < 4.78 is 2.11. The number of hydrogen-bond acceptors (Lipinski definition) is 4. The van der Waals surface area contributed by atoms with Crippen LogP contribution in [-0.2, 0) is 22.6 Å². The molecule has 2 unspecified atom stereocenters. The maximum absolute atomic E-state index is 13.1. The lowest BCUT2D eigenvalue weighted by Crippen LogP contribution is -2.27. The zero-order chi connectivity index (χ0) is 25.1. The first-order chi connectivity index (χ1) is 16.6. The minimum absolute atomic E-state index is 0.0238. The normalized spacial score (nSPS) is 26.3. The number of anilines is 1. The van der Waals surface area contributed by atoms with Crippen LogP contribution in [0.3, 0.4) is 0 Å². The fraction of sp³-hybridized carbons (Fsp3) is 0.556. The van der Waals surface area contributed by atoms with Crippen molar-refractivity contribution in [3.05, 3.63) is 34.7 Å². The predicted molar refractivity (Wildman–Crippen MR) is 135 cm³/mol. The van der Waals surface area contributed by atoms with Gasteiger partial charge in [-0.25, -0.2) is 4.98 Å². The number of fused-ring (bicyclic) bond motifs is 2. The van der Waals surface area contributed by atoms with E-state index in [2.05, 4.69) is 34.0 Å². The van der Waals surface area contributed by atoms with Crippen LogP contribution in [0.2, 0.25) is 5.02 Å². The molecule has 2 aromatic heterocycles. The van der Waals surface area contributed by atoms with Crippen LogP contribution >= 0.6 is 11.6 Å². The van der Waals surface area contributed by atoms with Crippen LogP contribution in [0.1, 0.15) is 62.6 Å². The first-order valence-electron chi connectivity index (χ1n) is 12.5. The molecule has 2 aromatic rings. The van der Waals surface area contributed by atoms with Crippen molar-refractivity contribution >= 4 is 35.0 Å². The third-order valence-corrected chi connectivity index (χ3v) is 8.50. The number of hydrogen-bond donors (Lipinski definition) is 2. The molecule has 0 spiro atoms. The molecular formula is C27H33ClN4O3. The number of amides is 2. The molecule has 35 heavy (non-hydrogen) atoms. The van der Waals surface area contributed by atoms with Crippen molar-refractivity contribution in [3.63, 3.8) is 0 Å². The van der Waals surface area contributed by atoms with Gasteiger partial charge in [0.25, 0.3) is 0 Å². The molecule has 2 N–H and O–H groups in total. The molecule has 8 heteroatoms. The average molecular weight is 497 g/mol. The molecule has 0 saturated heterocycles. The number of Topliss-reactive ketones (excluding diaryl/α,β-unsaturated/α-hetero) is 1. The van der Waals surface area contributed by atoms with Crippen LogP contribution in [0, 0.1) is 29.1 Å². The van der Waals surface area contributed by atoms with Gasteiger partial charge in [-0.15, -0.1) is 0 Å². The van der Waals surface area contributed by atoms with E-state index < -0.39 is 0 Å². The molecule has 0 aromatic carbocycles. The Morgan fingerprint density at radius 2 is 1.66 bits per heavy atom. The SMILES string of the molecule is CNC(=O)C1C[C@@H]2CC(C(=O)Nc3cc(-c4cc(C(C)=O)n5c4CC(C)(C)C5)c(Cl)cn3)C[C@@H]2C1. The van der Waals surface area contributed by atoms with Gasteiger partial charge in [0, 0.05) is 55.4 Å². The third-order valence-electron chi connectivity index (χ3n) is 8.20. The van der Waals surface area contributed by atoms with Gasteiger partial charge in [0.1, 0.15) is 5.82 Å². The number of carbonyl (C=O) groups excluding carboxylic acids is 3. The molecule has 0 bridgehead atoms. The highest BCUT2D eigenvalue weighted by atomic mass is 35.5. The second-order valence-corrected chi connectivity index (χ2v) is 11.8. The molecule has 4 atom stereocenters. The third kappa shape index (κ3) is 4.39. The number of carbonyl (C=O) groups is 3. The molecule has 2 fully saturated rings. The van der Waals surface area contributed by atoms with E-state index in [-0.39, 0.29) is 34.8 Å². The number of ketones is 1. The topological polar surface area (TPSA) is 93.1 Å². The van der Waals surface area contributed by atoms with Gasteiger partial charge >= 0.3 is 0 Å². The van der Waals surface area contributed by atoms with Crippen LogP contribution in [0.25, 0.3) is 11.1 Å². The van der Waals surface area contributed by atoms with Crippen LogP contribution in [0.4, 0.5) is 5.82 Å². The molecular weight excluding hydrogens is 464 g/mol. The van der Waals surface area contributed by atoms with E-state index in [4.69, 9.17) is 11.6 Å². The van der Waals surface area contributed by atoms with Gasteiger partial charge in [-0.1, -0.05) is 25.4 Å². The van der Waals surface area contributed by atoms with Crippen LogP contribution in [0.5, 0.6) is 0 Å². The molecule has 5 rings (SSSR count). The minimum Gasteiger partial charge on any atom is -0.359 e. The van der Waals surface area contributed by atoms with Crippen molar-refractivity contribution in [1.82, 2.24) is 14.9 Å². The number of rotatable bonds is 5. The van der Waals surface area contributed by atoms with E-state index in [9.17, 15) is 14.4 Å². The fourth-order valence-corrected chi connectivity index (χ4v) is 6.82. The number of aromatic nitrogens is 2. The Kier molecular flexibility index (Phi) is 6.02. The minimum atomic E-state index is -0.0691. The average Bonchev–Trinajstić information content (AvgIpc) is 3.52. The Morgan fingerprint density at radius 3 is 2.26 bits per heavy atom. The Bertz CT molecular complexity index is 1200. The summed E-state index contributed by atoms with van der Waals surface area (Å²) in [5.74, 6) is 1.46. The van der Waals surface area contributed by atoms with Crippen LogP contribution in [-0.4, -0.2) is 34.2 Å². The van der Waals surface area contributed by atoms with E-state index in [1.54, 1.807) is 20.2 Å². The Morgan fingerprint density at radius 1 is 1.03 bits per heavy atom. The number of nitrogens with zero attached hydrogens (tertiary/aromatic N) is 2. The molecule has 186 valence electrons. The summed E-state index contributed by atoms with van der Waals surface area (Å²) in [6, 6.07) is 3.74. The van der Waals surface area contributed by atoms with Gasteiger partial charge in [-0.3, -0.25) is 14.4 Å². The highest BCUT2D eigenvalue weighted by Crippen LogP contribution is 2.49.